The third kappa shape index (κ3) is 6.88. The average molecular weight is 504 g/mol. The van der Waals surface area contributed by atoms with E-state index in [9.17, 15) is 23.4 Å². The Kier molecular flexibility index (Phi) is 8.82. The number of sulfone groups is 1. The first-order valence-corrected chi connectivity index (χ1v) is 12.5. The van der Waals surface area contributed by atoms with Crippen molar-refractivity contribution in [3.05, 3.63) is 88.9 Å². The number of hydrogen-bond donors (Lipinski definition) is 3. The van der Waals surface area contributed by atoms with Crippen LogP contribution in [0.5, 0.6) is 5.75 Å². The van der Waals surface area contributed by atoms with Gasteiger partial charge < -0.3 is 20.3 Å². The molecule has 0 amide bonds. The van der Waals surface area contributed by atoms with Gasteiger partial charge in [-0.25, -0.2) is 8.42 Å². The molecule has 0 aliphatic heterocycles. The second kappa shape index (κ2) is 11.6. The highest BCUT2D eigenvalue weighted by Gasteiger charge is 2.19. The van der Waals surface area contributed by atoms with Crippen LogP contribution < -0.4 is 10.1 Å². The van der Waals surface area contributed by atoms with Crippen LogP contribution >= 0.6 is 11.6 Å². The van der Waals surface area contributed by atoms with Crippen molar-refractivity contribution in [3.63, 3.8) is 0 Å². The van der Waals surface area contributed by atoms with Crippen molar-refractivity contribution in [3.8, 4) is 5.75 Å². The van der Waals surface area contributed by atoms with E-state index < -0.39 is 21.9 Å². The zero-order chi connectivity index (χ0) is 24.7. The maximum absolute atomic E-state index is 12.9. The Morgan fingerprint density at radius 1 is 1.03 bits per heavy atom. The van der Waals surface area contributed by atoms with Crippen molar-refractivity contribution in [2.24, 2.45) is 0 Å². The van der Waals surface area contributed by atoms with Crippen LogP contribution in [0, 0.1) is 0 Å². The third-order valence-electron chi connectivity index (χ3n) is 5.17. The predicted octanol–water partition coefficient (Wildman–Crippen LogP) is 3.32. The number of aliphatic hydroxyl groups excluding tert-OH is 2. The highest BCUT2D eigenvalue weighted by Crippen LogP contribution is 2.24. The molecule has 0 aliphatic carbocycles. The predicted molar refractivity (Wildman–Crippen MR) is 129 cm³/mol. The van der Waals surface area contributed by atoms with E-state index in [1.54, 1.807) is 36.4 Å². The van der Waals surface area contributed by atoms with Crippen LogP contribution in [0.3, 0.4) is 0 Å². The average Bonchev–Trinajstić information content (AvgIpc) is 2.81. The Bertz CT molecular complexity index is 1210. The molecule has 0 fully saturated rings. The van der Waals surface area contributed by atoms with Gasteiger partial charge in [0.2, 0.25) is 9.84 Å². The second-order valence-electron chi connectivity index (χ2n) is 7.78. The number of benzene rings is 3. The molecule has 180 valence electrons. The molecule has 0 saturated heterocycles. The van der Waals surface area contributed by atoms with E-state index in [0.29, 0.717) is 17.0 Å². The Hall–Kier alpha value is -2.75. The summed E-state index contributed by atoms with van der Waals surface area (Å²) in [4.78, 5) is 11.2. The van der Waals surface area contributed by atoms with Gasteiger partial charge in [-0.2, -0.15) is 0 Å². The highest BCUT2D eigenvalue weighted by atomic mass is 35.5. The molecule has 0 heterocycles. The van der Waals surface area contributed by atoms with E-state index in [2.05, 4.69) is 5.32 Å². The third-order valence-corrected chi connectivity index (χ3v) is 7.19. The molecule has 3 N–H and O–H groups in total. The molecule has 9 heteroatoms. The molecule has 7 nitrogen and oxygen atoms in total. The lowest BCUT2D eigenvalue weighted by Gasteiger charge is -2.19. The first kappa shape index (κ1) is 25.9. The van der Waals surface area contributed by atoms with Gasteiger partial charge in [0.05, 0.1) is 22.5 Å². The minimum Gasteiger partial charge on any atom is -0.427 e. The molecular weight excluding hydrogens is 478 g/mol. The van der Waals surface area contributed by atoms with E-state index in [1.165, 1.54) is 43.3 Å². The SMILES string of the molecule is CC(=O)Oc1ccc(S(=O)(=O)c2ccc(C[C@@H](CO)NC[C@@H](O)c3cccc(Cl)c3)cc2)cc1. The monoisotopic (exact) mass is 503 g/mol. The molecule has 3 aromatic carbocycles. The fraction of sp³-hybridized carbons (Fsp3) is 0.240. The van der Waals surface area contributed by atoms with Gasteiger partial charge in [0.25, 0.3) is 0 Å². The van der Waals surface area contributed by atoms with Crippen LogP contribution in [0.25, 0.3) is 0 Å². The molecule has 0 bridgehead atoms. The number of carbonyl (C=O) groups excluding carboxylic acids is 1. The quantitative estimate of drug-likeness (QED) is 0.287. The van der Waals surface area contributed by atoms with Crippen LogP contribution in [0.2, 0.25) is 5.02 Å². The summed E-state index contributed by atoms with van der Waals surface area (Å²) in [5.74, 6) is -0.217. The first-order valence-electron chi connectivity index (χ1n) is 10.6. The van der Waals surface area contributed by atoms with Crippen LogP contribution in [-0.2, 0) is 21.1 Å². The molecule has 0 unspecified atom stereocenters. The van der Waals surface area contributed by atoms with E-state index in [4.69, 9.17) is 16.3 Å². The van der Waals surface area contributed by atoms with Crippen LogP contribution in [0.4, 0.5) is 0 Å². The van der Waals surface area contributed by atoms with E-state index in [0.717, 1.165) is 5.56 Å². The summed E-state index contributed by atoms with van der Waals surface area (Å²) < 4.78 is 30.7. The maximum atomic E-state index is 12.9. The zero-order valence-corrected chi connectivity index (χ0v) is 20.1. The summed E-state index contributed by atoms with van der Waals surface area (Å²) >= 11 is 5.96. The van der Waals surface area contributed by atoms with Crippen molar-refractivity contribution in [2.75, 3.05) is 13.2 Å². The summed E-state index contributed by atoms with van der Waals surface area (Å²) in [6, 6.07) is 18.7. The summed E-state index contributed by atoms with van der Waals surface area (Å²) in [5.41, 5.74) is 1.50. The first-order chi connectivity index (χ1) is 16.2. The molecule has 0 spiro atoms. The molecule has 34 heavy (non-hydrogen) atoms. The molecule has 0 aliphatic rings. The van der Waals surface area contributed by atoms with Crippen LogP contribution in [-0.4, -0.2) is 43.8 Å². The lowest BCUT2D eigenvalue weighted by atomic mass is 10.1. The van der Waals surface area contributed by atoms with Gasteiger partial charge in [0.15, 0.2) is 0 Å². The van der Waals surface area contributed by atoms with Crippen LogP contribution in [0.15, 0.2) is 82.6 Å². The summed E-state index contributed by atoms with van der Waals surface area (Å²) in [7, 11) is -3.74. The molecule has 3 aromatic rings. The van der Waals surface area contributed by atoms with E-state index in [-0.39, 0.29) is 34.7 Å². The lowest BCUT2D eigenvalue weighted by Crippen LogP contribution is -2.37. The number of hydrogen-bond acceptors (Lipinski definition) is 7. The molecule has 0 saturated carbocycles. The smallest absolute Gasteiger partial charge is 0.308 e. The number of aliphatic hydroxyl groups is 2. The van der Waals surface area contributed by atoms with Crippen molar-refractivity contribution >= 4 is 27.4 Å². The minimum atomic E-state index is -3.74. The lowest BCUT2D eigenvalue weighted by molar-refractivity contribution is -0.131. The number of esters is 1. The largest absolute Gasteiger partial charge is 0.427 e. The second-order valence-corrected chi connectivity index (χ2v) is 10.2. The van der Waals surface area contributed by atoms with Gasteiger partial charge in [-0.1, -0.05) is 35.9 Å². The van der Waals surface area contributed by atoms with Gasteiger partial charge in [0.1, 0.15) is 5.75 Å². The van der Waals surface area contributed by atoms with E-state index in [1.807, 2.05) is 0 Å². The fourth-order valence-electron chi connectivity index (χ4n) is 3.39. The Balaban J connectivity index is 1.62. The molecule has 2 atom stereocenters. The fourth-order valence-corrected chi connectivity index (χ4v) is 4.85. The Morgan fingerprint density at radius 2 is 1.65 bits per heavy atom. The Morgan fingerprint density at radius 3 is 2.21 bits per heavy atom. The van der Waals surface area contributed by atoms with Crippen molar-refractivity contribution in [1.29, 1.82) is 0 Å². The van der Waals surface area contributed by atoms with Gasteiger partial charge in [-0.15, -0.1) is 0 Å². The molecule has 3 rings (SSSR count). The molecular formula is C25H26ClNO6S. The zero-order valence-electron chi connectivity index (χ0n) is 18.5. The molecule has 0 radical (unpaired) electrons. The number of carbonyl (C=O) groups is 1. The van der Waals surface area contributed by atoms with Crippen LogP contribution in [0.1, 0.15) is 24.2 Å². The minimum absolute atomic E-state index is 0.0843. The van der Waals surface area contributed by atoms with E-state index >= 15 is 0 Å². The summed E-state index contributed by atoms with van der Waals surface area (Å²) in [5, 5.41) is 23.7. The van der Waals surface area contributed by atoms with Gasteiger partial charge in [0, 0.05) is 24.5 Å². The normalized spacial score (nSPS) is 13.3. The van der Waals surface area contributed by atoms with Gasteiger partial charge >= 0.3 is 5.97 Å². The topological polar surface area (TPSA) is 113 Å². The Labute approximate surface area is 203 Å². The van der Waals surface area contributed by atoms with Gasteiger partial charge in [-0.05, 0) is 66.1 Å². The summed E-state index contributed by atoms with van der Waals surface area (Å²) in [6.45, 7) is 1.34. The number of ether oxygens (including phenoxy) is 1. The maximum Gasteiger partial charge on any atom is 0.308 e. The van der Waals surface area contributed by atoms with Crippen molar-refractivity contribution < 1.29 is 28.2 Å². The summed E-state index contributed by atoms with van der Waals surface area (Å²) in [6.07, 6.45) is -0.344. The molecule has 0 aromatic heterocycles. The highest BCUT2D eigenvalue weighted by molar-refractivity contribution is 7.91. The number of nitrogens with one attached hydrogen (secondary N) is 1. The standard InChI is InChI=1S/C25H26ClNO6S/c1-17(29)33-22-7-11-24(12-8-22)34(31,32)23-9-5-18(6-10-23)13-21(16-28)27-15-25(30)19-3-2-4-20(26)14-19/h2-12,14,21,25,27-28,30H,13,15-16H2,1H3/t21-,25+/m0/s1. The van der Waals surface area contributed by atoms with Crippen molar-refractivity contribution in [2.45, 2.75) is 35.3 Å². The van der Waals surface area contributed by atoms with Crippen molar-refractivity contribution in [1.82, 2.24) is 5.32 Å². The van der Waals surface area contributed by atoms with Gasteiger partial charge in [-0.3, -0.25) is 4.79 Å². The number of halogens is 1. The number of rotatable bonds is 10.